The summed E-state index contributed by atoms with van der Waals surface area (Å²) in [4.78, 5) is 0. The summed E-state index contributed by atoms with van der Waals surface area (Å²) < 4.78 is 6.03. The highest BCUT2D eigenvalue weighted by atomic mass is 16.5. The molecule has 100 valence electrons. The van der Waals surface area contributed by atoms with Gasteiger partial charge in [0.05, 0.1) is 12.7 Å². The molecule has 2 heteroatoms. The van der Waals surface area contributed by atoms with Crippen LogP contribution < -0.4 is 5.73 Å². The normalized spacial score (nSPS) is 28.2. The third-order valence-corrected chi connectivity index (χ3v) is 3.92. The second kappa shape index (κ2) is 6.24. The lowest BCUT2D eigenvalue weighted by molar-refractivity contribution is 0.00261. The Kier molecular flexibility index (Phi) is 4.65. The average molecular weight is 247 g/mol. The minimum absolute atomic E-state index is 0.452. The van der Waals surface area contributed by atoms with Crippen molar-refractivity contribution >= 4 is 5.69 Å². The van der Waals surface area contributed by atoms with Gasteiger partial charge in [0.25, 0.3) is 0 Å². The number of rotatable bonds is 4. The molecule has 1 aromatic rings. The van der Waals surface area contributed by atoms with Crippen LogP contribution in [0.15, 0.2) is 24.3 Å². The van der Waals surface area contributed by atoms with E-state index in [-0.39, 0.29) is 0 Å². The van der Waals surface area contributed by atoms with Gasteiger partial charge < -0.3 is 10.5 Å². The second-order valence-corrected chi connectivity index (χ2v) is 5.86. The number of hydrogen-bond acceptors (Lipinski definition) is 2. The molecule has 0 aliphatic heterocycles. The lowest BCUT2D eigenvalue weighted by Crippen LogP contribution is -2.27. The third kappa shape index (κ3) is 3.74. The quantitative estimate of drug-likeness (QED) is 0.824. The minimum Gasteiger partial charge on any atom is -0.399 e. The molecule has 0 bridgehead atoms. The maximum atomic E-state index is 6.03. The SMILES string of the molecule is CC1CC(C)CC(OCCc2ccccc2N)C1. The van der Waals surface area contributed by atoms with E-state index in [1.165, 1.54) is 24.8 Å². The molecular formula is C16H25NO. The van der Waals surface area contributed by atoms with Crippen molar-refractivity contribution in [3.8, 4) is 0 Å². The predicted octanol–water partition coefficient (Wildman–Crippen LogP) is 3.65. The number of benzene rings is 1. The molecule has 0 spiro atoms. The zero-order valence-corrected chi connectivity index (χ0v) is 11.6. The summed E-state index contributed by atoms with van der Waals surface area (Å²) in [5.41, 5.74) is 8.01. The molecule has 1 aliphatic rings. The summed E-state index contributed by atoms with van der Waals surface area (Å²) in [7, 11) is 0. The molecule has 0 radical (unpaired) electrons. The number of ether oxygens (including phenoxy) is 1. The van der Waals surface area contributed by atoms with Gasteiger partial charge in [0, 0.05) is 5.69 Å². The van der Waals surface area contributed by atoms with Crippen molar-refractivity contribution in [1.82, 2.24) is 0 Å². The molecule has 0 saturated heterocycles. The number of hydrogen-bond donors (Lipinski definition) is 1. The molecule has 0 aromatic heterocycles. The van der Waals surface area contributed by atoms with Crippen molar-refractivity contribution in [1.29, 1.82) is 0 Å². The Balaban J connectivity index is 1.77. The summed E-state index contributed by atoms with van der Waals surface area (Å²) >= 11 is 0. The molecule has 0 heterocycles. The smallest absolute Gasteiger partial charge is 0.0580 e. The number of nitrogens with two attached hydrogens (primary N) is 1. The molecule has 0 amide bonds. The first-order valence-corrected chi connectivity index (χ1v) is 7.10. The first-order valence-electron chi connectivity index (χ1n) is 7.10. The summed E-state index contributed by atoms with van der Waals surface area (Å²) in [6, 6.07) is 8.06. The molecule has 2 N–H and O–H groups in total. The zero-order valence-electron chi connectivity index (χ0n) is 11.6. The van der Waals surface area contributed by atoms with Gasteiger partial charge in [-0.3, -0.25) is 0 Å². The van der Waals surface area contributed by atoms with Crippen LogP contribution >= 0.6 is 0 Å². The van der Waals surface area contributed by atoms with E-state index >= 15 is 0 Å². The zero-order chi connectivity index (χ0) is 13.0. The van der Waals surface area contributed by atoms with E-state index in [9.17, 15) is 0 Å². The standard InChI is InChI=1S/C16H25NO/c1-12-9-13(2)11-15(10-12)18-8-7-14-5-3-4-6-16(14)17/h3-6,12-13,15H,7-11,17H2,1-2H3. The molecule has 2 nitrogen and oxygen atoms in total. The van der Waals surface area contributed by atoms with Crippen molar-refractivity contribution in [2.45, 2.75) is 45.6 Å². The van der Waals surface area contributed by atoms with E-state index in [2.05, 4.69) is 19.9 Å². The maximum Gasteiger partial charge on any atom is 0.0580 e. The van der Waals surface area contributed by atoms with E-state index in [0.29, 0.717) is 6.10 Å². The van der Waals surface area contributed by atoms with Gasteiger partial charge in [-0.25, -0.2) is 0 Å². The van der Waals surface area contributed by atoms with E-state index in [1.807, 2.05) is 18.2 Å². The molecule has 2 rings (SSSR count). The number of para-hydroxylation sites is 1. The van der Waals surface area contributed by atoms with Crippen LogP contribution in [-0.2, 0) is 11.2 Å². The first-order chi connectivity index (χ1) is 8.65. The van der Waals surface area contributed by atoms with Crippen LogP contribution in [0.5, 0.6) is 0 Å². The topological polar surface area (TPSA) is 35.2 Å². The van der Waals surface area contributed by atoms with Gasteiger partial charge >= 0.3 is 0 Å². The Labute approximate surface area is 111 Å². The lowest BCUT2D eigenvalue weighted by Gasteiger charge is -2.31. The van der Waals surface area contributed by atoms with Crippen LogP contribution in [-0.4, -0.2) is 12.7 Å². The highest BCUT2D eigenvalue weighted by Gasteiger charge is 2.24. The van der Waals surface area contributed by atoms with E-state index in [4.69, 9.17) is 10.5 Å². The van der Waals surface area contributed by atoms with Gasteiger partial charge in [-0.05, 0) is 49.1 Å². The minimum atomic E-state index is 0.452. The van der Waals surface area contributed by atoms with Gasteiger partial charge in [-0.15, -0.1) is 0 Å². The molecule has 2 atom stereocenters. The summed E-state index contributed by atoms with van der Waals surface area (Å²) in [6.07, 6.45) is 5.16. The largest absolute Gasteiger partial charge is 0.399 e. The van der Waals surface area contributed by atoms with Crippen LogP contribution in [0.2, 0.25) is 0 Å². The van der Waals surface area contributed by atoms with E-state index < -0.39 is 0 Å². The molecule has 1 aliphatic carbocycles. The van der Waals surface area contributed by atoms with Crippen molar-refractivity contribution in [3.05, 3.63) is 29.8 Å². The van der Waals surface area contributed by atoms with Crippen LogP contribution in [0.3, 0.4) is 0 Å². The maximum absolute atomic E-state index is 6.03. The fourth-order valence-electron chi connectivity index (χ4n) is 3.11. The number of nitrogen functional groups attached to an aromatic ring is 1. The molecule has 18 heavy (non-hydrogen) atoms. The molecular weight excluding hydrogens is 222 g/mol. The second-order valence-electron chi connectivity index (χ2n) is 5.86. The van der Waals surface area contributed by atoms with Crippen molar-refractivity contribution in [3.63, 3.8) is 0 Å². The van der Waals surface area contributed by atoms with Gasteiger partial charge in [0.1, 0.15) is 0 Å². The van der Waals surface area contributed by atoms with Gasteiger partial charge in [0.15, 0.2) is 0 Å². The predicted molar refractivity (Wildman–Crippen MR) is 76.5 cm³/mol. The van der Waals surface area contributed by atoms with Gasteiger partial charge in [0.2, 0.25) is 0 Å². The Morgan fingerprint density at radius 2 is 1.78 bits per heavy atom. The Morgan fingerprint density at radius 3 is 2.44 bits per heavy atom. The fraction of sp³-hybridized carbons (Fsp3) is 0.625. The number of anilines is 1. The lowest BCUT2D eigenvalue weighted by atomic mass is 9.82. The Hall–Kier alpha value is -1.02. The highest BCUT2D eigenvalue weighted by molar-refractivity contribution is 5.46. The van der Waals surface area contributed by atoms with Crippen LogP contribution in [0.4, 0.5) is 5.69 Å². The molecule has 2 unspecified atom stereocenters. The third-order valence-electron chi connectivity index (χ3n) is 3.92. The van der Waals surface area contributed by atoms with Crippen molar-refractivity contribution < 1.29 is 4.74 Å². The van der Waals surface area contributed by atoms with E-state index in [0.717, 1.165) is 30.6 Å². The van der Waals surface area contributed by atoms with Crippen LogP contribution in [0.1, 0.15) is 38.7 Å². The Bertz CT molecular complexity index is 367. The molecule has 1 saturated carbocycles. The van der Waals surface area contributed by atoms with Gasteiger partial charge in [-0.1, -0.05) is 32.0 Å². The first kappa shape index (κ1) is 13.4. The van der Waals surface area contributed by atoms with Gasteiger partial charge in [-0.2, -0.15) is 0 Å². The molecule has 1 fully saturated rings. The van der Waals surface area contributed by atoms with Crippen LogP contribution in [0.25, 0.3) is 0 Å². The summed E-state index contributed by atoms with van der Waals surface area (Å²) in [5, 5.41) is 0. The molecule has 1 aromatic carbocycles. The van der Waals surface area contributed by atoms with E-state index in [1.54, 1.807) is 0 Å². The highest BCUT2D eigenvalue weighted by Crippen LogP contribution is 2.30. The fourth-order valence-corrected chi connectivity index (χ4v) is 3.11. The van der Waals surface area contributed by atoms with Crippen molar-refractivity contribution in [2.24, 2.45) is 11.8 Å². The van der Waals surface area contributed by atoms with Crippen molar-refractivity contribution in [2.75, 3.05) is 12.3 Å². The van der Waals surface area contributed by atoms with Crippen LogP contribution in [0, 0.1) is 11.8 Å². The Morgan fingerprint density at radius 1 is 1.11 bits per heavy atom. The summed E-state index contributed by atoms with van der Waals surface area (Å²) in [5.74, 6) is 1.61. The average Bonchev–Trinajstić information content (AvgIpc) is 2.30. The monoisotopic (exact) mass is 247 g/mol. The summed E-state index contributed by atoms with van der Waals surface area (Å²) in [6.45, 7) is 5.46.